The van der Waals surface area contributed by atoms with Crippen molar-refractivity contribution in [3.05, 3.63) is 35.4 Å². The molecule has 0 bridgehead atoms. The van der Waals surface area contributed by atoms with E-state index in [4.69, 9.17) is 5.26 Å². The smallest absolute Gasteiger partial charge is 0.377 e. The second kappa shape index (κ2) is 8.68. The van der Waals surface area contributed by atoms with E-state index in [0.29, 0.717) is 13.2 Å². The Morgan fingerprint density at radius 1 is 0.735 bits per heavy atom. The minimum Gasteiger partial charge on any atom is -0.377 e. The standard InChI is InChI=1S/C17H10F15NO/c1-34-10(9-4-2-3-8(5-9)7-33)6-11(18,19)12(20,21)13(22,23)14(24,25)15(26,27)16(28,29)17(30,31)32/h2-5,10H,6H2,1H3. The number of nitrogens with zero attached hydrogens (tertiary/aromatic N) is 1. The van der Waals surface area contributed by atoms with Gasteiger partial charge >= 0.3 is 41.7 Å². The highest BCUT2D eigenvalue weighted by Crippen LogP contribution is 2.63. The lowest BCUT2D eigenvalue weighted by molar-refractivity contribution is -0.453. The molecule has 0 aromatic heterocycles. The molecule has 0 heterocycles. The fourth-order valence-electron chi connectivity index (χ4n) is 2.51. The zero-order valence-corrected chi connectivity index (χ0v) is 16.1. The molecule has 1 unspecified atom stereocenters. The van der Waals surface area contributed by atoms with E-state index in [1.165, 1.54) is 6.07 Å². The minimum absolute atomic E-state index is 0.305. The first kappa shape index (κ1) is 29.7. The van der Waals surface area contributed by atoms with Gasteiger partial charge in [-0.25, -0.2) is 0 Å². The summed E-state index contributed by atoms with van der Waals surface area (Å²) in [6.45, 7) is 0. The largest absolute Gasteiger partial charge is 0.460 e. The fourth-order valence-corrected chi connectivity index (χ4v) is 2.51. The summed E-state index contributed by atoms with van der Waals surface area (Å²) in [4.78, 5) is 0. The van der Waals surface area contributed by atoms with Gasteiger partial charge in [-0.05, 0) is 17.7 Å². The number of methoxy groups -OCH3 is 1. The van der Waals surface area contributed by atoms with Gasteiger partial charge in [-0.1, -0.05) is 12.1 Å². The van der Waals surface area contributed by atoms with Crippen LogP contribution in [0.2, 0.25) is 0 Å². The zero-order valence-electron chi connectivity index (χ0n) is 16.1. The van der Waals surface area contributed by atoms with Crippen LogP contribution in [0, 0.1) is 11.3 Å². The number of hydrogen-bond acceptors (Lipinski definition) is 2. The highest BCUT2D eigenvalue weighted by Gasteiger charge is 2.93. The van der Waals surface area contributed by atoms with Crippen LogP contribution in [0.1, 0.15) is 23.7 Å². The number of alkyl halides is 15. The number of nitriles is 1. The molecule has 0 amide bonds. The van der Waals surface area contributed by atoms with E-state index in [2.05, 4.69) is 4.74 Å². The monoisotopic (exact) mass is 529 g/mol. The molecule has 0 fully saturated rings. The van der Waals surface area contributed by atoms with Crippen LogP contribution in [0.25, 0.3) is 0 Å². The highest BCUT2D eigenvalue weighted by molar-refractivity contribution is 5.34. The van der Waals surface area contributed by atoms with Crippen molar-refractivity contribution in [2.75, 3.05) is 7.11 Å². The van der Waals surface area contributed by atoms with Gasteiger partial charge in [0.15, 0.2) is 0 Å². The van der Waals surface area contributed by atoms with Crippen LogP contribution in [0.15, 0.2) is 24.3 Å². The van der Waals surface area contributed by atoms with Gasteiger partial charge in [-0.15, -0.1) is 0 Å². The number of benzene rings is 1. The van der Waals surface area contributed by atoms with Gasteiger partial charge in [0.05, 0.1) is 17.7 Å². The summed E-state index contributed by atoms with van der Waals surface area (Å²) in [7, 11) is 0.530. The number of rotatable bonds is 9. The van der Waals surface area contributed by atoms with Crippen LogP contribution in [0.5, 0.6) is 0 Å². The Morgan fingerprint density at radius 2 is 1.18 bits per heavy atom. The molecule has 17 heteroatoms. The highest BCUT2D eigenvalue weighted by atomic mass is 19.4. The maximum absolute atomic E-state index is 14.1. The first-order valence-corrected chi connectivity index (χ1v) is 8.32. The van der Waals surface area contributed by atoms with E-state index in [-0.39, 0.29) is 5.56 Å². The summed E-state index contributed by atoms with van der Waals surface area (Å²) < 4.78 is 203. The maximum atomic E-state index is 14.1. The molecular formula is C17H10F15NO. The lowest BCUT2D eigenvalue weighted by Gasteiger charge is -2.42. The SMILES string of the molecule is COC(CC(F)(F)C(F)(F)C(F)(F)C(F)(F)C(F)(F)C(F)(F)C(F)(F)F)c1cccc(C#N)c1. The molecule has 1 aromatic rings. The summed E-state index contributed by atoms with van der Waals surface area (Å²) in [6, 6.07) is 5.04. The van der Waals surface area contributed by atoms with Gasteiger partial charge in [0.1, 0.15) is 0 Å². The summed E-state index contributed by atoms with van der Waals surface area (Å²) in [5, 5.41) is 8.72. The Balaban J connectivity index is 3.52. The van der Waals surface area contributed by atoms with Gasteiger partial charge in [0.2, 0.25) is 0 Å². The lowest BCUT2D eigenvalue weighted by Crippen LogP contribution is -2.72. The van der Waals surface area contributed by atoms with E-state index < -0.39 is 59.8 Å². The molecular weight excluding hydrogens is 519 g/mol. The quantitative estimate of drug-likeness (QED) is 0.323. The van der Waals surface area contributed by atoms with Gasteiger partial charge in [0.25, 0.3) is 0 Å². The Bertz CT molecular complexity index is 916. The van der Waals surface area contributed by atoms with Crippen molar-refractivity contribution < 1.29 is 70.6 Å². The van der Waals surface area contributed by atoms with Gasteiger partial charge in [-0.3, -0.25) is 0 Å². The molecule has 0 aliphatic heterocycles. The van der Waals surface area contributed by atoms with E-state index in [9.17, 15) is 65.9 Å². The van der Waals surface area contributed by atoms with Crippen molar-refractivity contribution in [3.63, 3.8) is 0 Å². The molecule has 0 radical (unpaired) electrons. The first-order chi connectivity index (χ1) is 15.0. The van der Waals surface area contributed by atoms with Crippen molar-refractivity contribution in [3.8, 4) is 6.07 Å². The van der Waals surface area contributed by atoms with Crippen molar-refractivity contribution in [1.82, 2.24) is 0 Å². The molecule has 0 N–H and O–H groups in total. The average molecular weight is 529 g/mol. The predicted molar refractivity (Wildman–Crippen MR) is 81.3 cm³/mol. The molecule has 0 aliphatic carbocycles. The number of hydrogen-bond donors (Lipinski definition) is 0. The molecule has 1 rings (SSSR count). The molecule has 0 saturated heterocycles. The molecule has 0 saturated carbocycles. The normalized spacial score (nSPS) is 15.7. The Labute approximate surface area is 179 Å². The predicted octanol–water partition coefficient (Wildman–Crippen LogP) is 7.01. The van der Waals surface area contributed by atoms with Crippen molar-refractivity contribution in [2.45, 2.75) is 54.2 Å². The number of ether oxygens (including phenoxy) is 1. The van der Waals surface area contributed by atoms with Crippen molar-refractivity contribution in [1.29, 1.82) is 5.26 Å². The third-order valence-electron chi connectivity index (χ3n) is 4.51. The van der Waals surface area contributed by atoms with Crippen LogP contribution in [0.3, 0.4) is 0 Å². The van der Waals surface area contributed by atoms with Crippen molar-refractivity contribution >= 4 is 0 Å². The van der Waals surface area contributed by atoms with E-state index in [1.807, 2.05) is 0 Å². The summed E-state index contributed by atoms with van der Waals surface area (Å²) in [5.74, 6) is -46.9. The summed E-state index contributed by atoms with van der Waals surface area (Å²) >= 11 is 0. The topological polar surface area (TPSA) is 33.0 Å². The van der Waals surface area contributed by atoms with Crippen molar-refractivity contribution in [2.24, 2.45) is 0 Å². The molecule has 1 aromatic carbocycles. The average Bonchev–Trinajstić information content (AvgIpc) is 2.70. The molecule has 34 heavy (non-hydrogen) atoms. The zero-order chi connectivity index (χ0) is 27.2. The molecule has 2 nitrogen and oxygen atoms in total. The van der Waals surface area contributed by atoms with E-state index in [0.717, 1.165) is 18.2 Å². The number of halogens is 15. The maximum Gasteiger partial charge on any atom is 0.460 e. The first-order valence-electron chi connectivity index (χ1n) is 8.32. The Hall–Kier alpha value is -2.38. The fraction of sp³-hybridized carbons (Fsp3) is 0.588. The summed E-state index contributed by atoms with van der Waals surface area (Å²) in [5.41, 5.74) is -0.887. The van der Waals surface area contributed by atoms with Crippen LogP contribution in [-0.2, 0) is 4.74 Å². The molecule has 0 aliphatic rings. The van der Waals surface area contributed by atoms with Gasteiger partial charge in [-0.2, -0.15) is 71.1 Å². The van der Waals surface area contributed by atoms with Gasteiger partial charge < -0.3 is 4.74 Å². The second-order valence-electron chi connectivity index (χ2n) is 6.74. The van der Waals surface area contributed by atoms with E-state index >= 15 is 0 Å². The lowest BCUT2D eigenvalue weighted by atomic mass is 9.88. The second-order valence-corrected chi connectivity index (χ2v) is 6.74. The molecule has 194 valence electrons. The van der Waals surface area contributed by atoms with Crippen LogP contribution >= 0.6 is 0 Å². The molecule has 1 atom stereocenters. The third kappa shape index (κ3) is 4.36. The van der Waals surface area contributed by atoms with Crippen LogP contribution < -0.4 is 0 Å². The van der Waals surface area contributed by atoms with Crippen LogP contribution in [0.4, 0.5) is 65.9 Å². The Morgan fingerprint density at radius 3 is 1.59 bits per heavy atom. The third-order valence-corrected chi connectivity index (χ3v) is 4.51. The summed E-state index contributed by atoms with van der Waals surface area (Å²) in [6.07, 6.45) is -12.7. The molecule has 0 spiro atoms. The minimum atomic E-state index is -8.34. The Kier molecular flexibility index (Phi) is 7.57. The van der Waals surface area contributed by atoms with Gasteiger partial charge in [0, 0.05) is 13.5 Å². The van der Waals surface area contributed by atoms with E-state index in [1.54, 1.807) is 0 Å². The van der Waals surface area contributed by atoms with Crippen LogP contribution in [-0.4, -0.2) is 48.8 Å².